The quantitative estimate of drug-likeness (QED) is 0.614. The molecule has 2 saturated heterocycles. The molecular formula is C28H38N2O5Si. The summed E-state index contributed by atoms with van der Waals surface area (Å²) < 4.78 is 18.4. The van der Waals surface area contributed by atoms with Gasteiger partial charge in [0.1, 0.15) is 11.7 Å². The van der Waals surface area contributed by atoms with E-state index in [0.717, 1.165) is 0 Å². The van der Waals surface area contributed by atoms with Gasteiger partial charge in [-0.1, -0.05) is 81.4 Å². The Kier molecular flexibility index (Phi) is 7.21. The Labute approximate surface area is 215 Å². The van der Waals surface area contributed by atoms with Gasteiger partial charge in [0, 0.05) is 13.0 Å². The largest absolute Gasteiger partial charge is 0.444 e. The molecule has 2 amide bonds. The predicted molar refractivity (Wildman–Crippen MR) is 142 cm³/mol. The monoisotopic (exact) mass is 510 g/mol. The number of nitrogens with zero attached hydrogens (tertiary/aromatic N) is 1. The highest BCUT2D eigenvalue weighted by Crippen LogP contribution is 2.37. The molecule has 2 aromatic rings. The average molecular weight is 511 g/mol. The molecule has 2 fully saturated rings. The SMILES string of the molecule is CC(C)(C)OC(=O)N1C[C@@H]2NC(=O)O[C@@H]2C[C@H]1CO[Si](c1ccccc1)(c1ccccc1)C(C)(C)C. The molecule has 2 heterocycles. The van der Waals surface area contributed by atoms with E-state index in [1.54, 1.807) is 4.90 Å². The van der Waals surface area contributed by atoms with Crippen molar-refractivity contribution in [1.82, 2.24) is 10.2 Å². The van der Waals surface area contributed by atoms with E-state index in [1.165, 1.54) is 10.4 Å². The Bertz CT molecular complexity index is 1030. The number of piperidine rings is 1. The van der Waals surface area contributed by atoms with Crippen LogP contribution in [-0.2, 0) is 13.9 Å². The van der Waals surface area contributed by atoms with Crippen LogP contribution in [0.2, 0.25) is 5.04 Å². The highest BCUT2D eigenvalue weighted by Gasteiger charge is 2.52. The van der Waals surface area contributed by atoms with Gasteiger partial charge in [-0.15, -0.1) is 0 Å². The molecule has 7 nitrogen and oxygen atoms in total. The van der Waals surface area contributed by atoms with Crippen LogP contribution in [0.25, 0.3) is 0 Å². The molecule has 2 aromatic carbocycles. The molecule has 0 saturated carbocycles. The third-order valence-electron chi connectivity index (χ3n) is 6.89. The van der Waals surface area contributed by atoms with E-state index >= 15 is 0 Å². The van der Waals surface area contributed by atoms with Crippen LogP contribution in [0.4, 0.5) is 9.59 Å². The van der Waals surface area contributed by atoms with Crippen molar-refractivity contribution in [3.05, 3.63) is 60.7 Å². The molecule has 8 heteroatoms. The zero-order valence-electron chi connectivity index (χ0n) is 22.1. The van der Waals surface area contributed by atoms with Crippen LogP contribution < -0.4 is 15.7 Å². The summed E-state index contributed by atoms with van der Waals surface area (Å²) in [5.74, 6) is 0. The number of benzene rings is 2. The fourth-order valence-corrected chi connectivity index (χ4v) is 9.91. The zero-order chi connectivity index (χ0) is 26.1. The maximum Gasteiger partial charge on any atom is 0.410 e. The summed E-state index contributed by atoms with van der Waals surface area (Å²) >= 11 is 0. The summed E-state index contributed by atoms with van der Waals surface area (Å²) in [5, 5.41) is 4.99. The number of likely N-dealkylation sites (tertiary alicyclic amines) is 1. The van der Waals surface area contributed by atoms with Crippen LogP contribution in [-0.4, -0.2) is 62.3 Å². The average Bonchev–Trinajstić information content (AvgIpc) is 3.17. The molecule has 0 aromatic heterocycles. The number of alkyl carbamates (subject to hydrolysis) is 1. The van der Waals surface area contributed by atoms with E-state index < -0.39 is 26.1 Å². The molecule has 0 unspecified atom stereocenters. The number of fused-ring (bicyclic) bond motifs is 1. The van der Waals surface area contributed by atoms with Gasteiger partial charge in [-0.25, -0.2) is 9.59 Å². The van der Waals surface area contributed by atoms with Gasteiger partial charge < -0.3 is 24.1 Å². The summed E-state index contributed by atoms with van der Waals surface area (Å²) in [6.45, 7) is 12.9. The lowest BCUT2D eigenvalue weighted by atomic mass is 9.97. The number of ether oxygens (including phenoxy) is 2. The molecule has 194 valence electrons. The van der Waals surface area contributed by atoms with Crippen molar-refractivity contribution in [3.8, 4) is 0 Å². The van der Waals surface area contributed by atoms with Crippen molar-refractivity contribution < 1.29 is 23.5 Å². The third kappa shape index (κ3) is 5.29. The Balaban J connectivity index is 1.70. The molecule has 2 aliphatic heterocycles. The first-order valence-corrected chi connectivity index (χ1v) is 14.5. The molecule has 0 spiro atoms. The molecule has 2 aliphatic rings. The number of carbonyl (C=O) groups is 2. The van der Waals surface area contributed by atoms with Gasteiger partial charge in [-0.05, 0) is 36.2 Å². The number of hydrogen-bond donors (Lipinski definition) is 1. The number of rotatable bonds is 5. The first-order chi connectivity index (χ1) is 16.9. The minimum Gasteiger partial charge on any atom is -0.444 e. The van der Waals surface area contributed by atoms with Crippen molar-refractivity contribution in [1.29, 1.82) is 0 Å². The van der Waals surface area contributed by atoms with Crippen LogP contribution in [0.15, 0.2) is 60.7 Å². The topological polar surface area (TPSA) is 77.1 Å². The lowest BCUT2D eigenvalue weighted by Gasteiger charge is -2.46. The minimum atomic E-state index is -2.79. The fourth-order valence-electron chi connectivity index (χ4n) is 5.31. The van der Waals surface area contributed by atoms with Gasteiger partial charge >= 0.3 is 12.2 Å². The fraction of sp³-hybridized carbons (Fsp3) is 0.500. The van der Waals surface area contributed by atoms with Crippen molar-refractivity contribution in [2.75, 3.05) is 13.2 Å². The Morgan fingerprint density at radius 3 is 2.06 bits per heavy atom. The van der Waals surface area contributed by atoms with Crippen molar-refractivity contribution in [2.45, 2.75) is 76.8 Å². The molecule has 1 N–H and O–H groups in total. The first-order valence-electron chi connectivity index (χ1n) is 12.6. The highest BCUT2D eigenvalue weighted by atomic mass is 28.4. The predicted octanol–water partition coefficient (Wildman–Crippen LogP) is 4.05. The molecule has 3 atom stereocenters. The van der Waals surface area contributed by atoms with Gasteiger partial charge in [0.2, 0.25) is 0 Å². The van der Waals surface area contributed by atoms with Crippen molar-refractivity contribution in [2.24, 2.45) is 0 Å². The zero-order valence-corrected chi connectivity index (χ0v) is 23.1. The number of nitrogens with one attached hydrogen (secondary N) is 1. The van der Waals surface area contributed by atoms with Gasteiger partial charge in [-0.2, -0.15) is 0 Å². The van der Waals surface area contributed by atoms with E-state index in [9.17, 15) is 9.59 Å². The Hall–Kier alpha value is -2.84. The van der Waals surface area contributed by atoms with Crippen LogP contribution in [0.3, 0.4) is 0 Å². The van der Waals surface area contributed by atoms with Crippen LogP contribution in [0.5, 0.6) is 0 Å². The standard InChI is InChI=1S/C28H38N2O5Si/c1-27(2,3)35-26(32)30-18-23-24(34-25(31)29-23)17-20(30)19-33-36(28(4,5)6,21-13-9-7-10-14-21)22-15-11-8-12-16-22/h7-16,20,23-24H,17-19H2,1-6H3,(H,29,31)/t20-,23-,24+/m0/s1. The maximum absolute atomic E-state index is 13.3. The lowest BCUT2D eigenvalue weighted by Crippen LogP contribution is -2.68. The van der Waals surface area contributed by atoms with E-state index in [4.69, 9.17) is 13.9 Å². The van der Waals surface area contributed by atoms with E-state index in [1.807, 2.05) is 32.9 Å². The van der Waals surface area contributed by atoms with Crippen LogP contribution in [0.1, 0.15) is 48.0 Å². The lowest BCUT2D eigenvalue weighted by molar-refractivity contribution is -0.0159. The number of carbonyl (C=O) groups excluding carboxylic acids is 2. The number of amides is 2. The van der Waals surface area contributed by atoms with Gasteiger partial charge in [0.25, 0.3) is 8.32 Å². The number of hydrogen-bond acceptors (Lipinski definition) is 5. The molecule has 0 bridgehead atoms. The second-order valence-corrected chi connectivity index (χ2v) is 16.0. The summed E-state index contributed by atoms with van der Waals surface area (Å²) in [6, 6.07) is 20.3. The normalized spacial score (nSPS) is 22.4. The smallest absolute Gasteiger partial charge is 0.410 e. The second kappa shape index (κ2) is 9.90. The molecule has 0 aliphatic carbocycles. The van der Waals surface area contributed by atoms with Crippen LogP contribution >= 0.6 is 0 Å². The van der Waals surface area contributed by atoms with E-state index in [2.05, 4.69) is 74.6 Å². The van der Waals surface area contributed by atoms with Crippen molar-refractivity contribution >= 4 is 30.9 Å². The van der Waals surface area contributed by atoms with E-state index in [-0.39, 0.29) is 23.2 Å². The molecule has 4 rings (SSSR count). The highest BCUT2D eigenvalue weighted by molar-refractivity contribution is 6.99. The van der Waals surface area contributed by atoms with E-state index in [0.29, 0.717) is 19.6 Å². The molecule has 36 heavy (non-hydrogen) atoms. The van der Waals surface area contributed by atoms with Crippen molar-refractivity contribution in [3.63, 3.8) is 0 Å². The van der Waals surface area contributed by atoms with Gasteiger partial charge in [-0.3, -0.25) is 0 Å². The van der Waals surface area contributed by atoms with Gasteiger partial charge in [0.05, 0.1) is 18.7 Å². The summed E-state index contributed by atoms with van der Waals surface area (Å²) in [7, 11) is -2.79. The summed E-state index contributed by atoms with van der Waals surface area (Å²) in [6.07, 6.45) is -0.661. The molecular weight excluding hydrogens is 472 g/mol. The molecule has 0 radical (unpaired) electrons. The second-order valence-electron chi connectivity index (χ2n) is 11.7. The third-order valence-corrected chi connectivity index (χ3v) is 11.9. The van der Waals surface area contributed by atoms with Gasteiger partial charge in [0.15, 0.2) is 0 Å². The van der Waals surface area contributed by atoms with Crippen LogP contribution in [0, 0.1) is 0 Å². The summed E-state index contributed by atoms with van der Waals surface area (Å²) in [5.41, 5.74) is -0.632. The first kappa shape index (κ1) is 26.2. The minimum absolute atomic E-state index is 0.189. The Morgan fingerprint density at radius 2 is 1.56 bits per heavy atom. The maximum atomic E-state index is 13.3. The Morgan fingerprint density at radius 1 is 1.00 bits per heavy atom. The summed E-state index contributed by atoms with van der Waals surface area (Å²) in [4.78, 5) is 26.9.